The summed E-state index contributed by atoms with van der Waals surface area (Å²) in [5, 5.41) is 3.41. The minimum absolute atomic E-state index is 0.133. The lowest BCUT2D eigenvalue weighted by atomic mass is 9.53. The van der Waals surface area contributed by atoms with Crippen LogP contribution in [0, 0.1) is 17.8 Å². The lowest BCUT2D eigenvalue weighted by Crippen LogP contribution is -2.60. The zero-order valence-electron chi connectivity index (χ0n) is 11.8. The summed E-state index contributed by atoms with van der Waals surface area (Å²) in [7, 11) is 0. The van der Waals surface area contributed by atoms with Gasteiger partial charge in [-0.3, -0.25) is 9.78 Å². The molecular weight excluding hydrogens is 248 g/mol. The van der Waals surface area contributed by atoms with E-state index < -0.39 is 0 Å². The summed E-state index contributed by atoms with van der Waals surface area (Å²) in [6.07, 6.45) is 11.9. The summed E-state index contributed by atoms with van der Waals surface area (Å²) >= 11 is 0. The second kappa shape index (κ2) is 4.57. The predicted octanol–water partition coefficient (Wildman–Crippen LogP) is 2.71. The fraction of sp³-hybridized carbons (Fsp3) is 0.647. The highest BCUT2D eigenvalue weighted by molar-refractivity contribution is 5.79. The van der Waals surface area contributed by atoms with Gasteiger partial charge in [0.25, 0.3) is 0 Å². The molecule has 4 saturated carbocycles. The molecule has 1 amide bonds. The van der Waals surface area contributed by atoms with E-state index in [-0.39, 0.29) is 11.4 Å². The summed E-state index contributed by atoms with van der Waals surface area (Å²) in [5.74, 6) is 2.81. The van der Waals surface area contributed by atoms with E-state index in [0.717, 1.165) is 23.3 Å². The van der Waals surface area contributed by atoms with Gasteiger partial charge in [-0.15, -0.1) is 0 Å². The first-order valence-corrected chi connectivity index (χ1v) is 7.91. The van der Waals surface area contributed by atoms with Crippen LogP contribution in [-0.2, 0) is 11.2 Å². The van der Waals surface area contributed by atoms with Crippen molar-refractivity contribution in [2.24, 2.45) is 17.8 Å². The molecule has 1 aromatic heterocycles. The maximum absolute atomic E-state index is 12.4. The topological polar surface area (TPSA) is 42.0 Å². The van der Waals surface area contributed by atoms with Gasteiger partial charge in [-0.2, -0.15) is 0 Å². The number of nitrogens with one attached hydrogen (secondary N) is 1. The standard InChI is InChI=1S/C17H22N2O/c20-16(7-12-2-1-3-18-11-12)19-17-8-13-4-14(9-17)6-15(5-13)10-17/h1-3,11,13-15H,4-10H2,(H,19,20). The molecule has 3 heteroatoms. The van der Waals surface area contributed by atoms with E-state index in [4.69, 9.17) is 0 Å². The second-order valence-corrected chi connectivity index (χ2v) is 7.28. The molecule has 0 atom stereocenters. The molecule has 20 heavy (non-hydrogen) atoms. The van der Waals surface area contributed by atoms with Crippen LogP contribution in [0.2, 0.25) is 0 Å². The third-order valence-electron chi connectivity index (χ3n) is 5.53. The van der Waals surface area contributed by atoms with Crippen LogP contribution in [0.3, 0.4) is 0 Å². The highest BCUT2D eigenvalue weighted by Gasteiger charge is 2.51. The molecule has 5 rings (SSSR count). The Morgan fingerprint density at radius 2 is 1.85 bits per heavy atom. The Hall–Kier alpha value is -1.38. The normalized spacial score (nSPS) is 37.9. The van der Waals surface area contributed by atoms with Gasteiger partial charge >= 0.3 is 0 Å². The molecule has 4 aliphatic rings. The number of pyridine rings is 1. The molecule has 1 aromatic rings. The van der Waals surface area contributed by atoms with Crippen LogP contribution >= 0.6 is 0 Å². The largest absolute Gasteiger partial charge is 0.350 e. The van der Waals surface area contributed by atoms with Gasteiger partial charge in [-0.25, -0.2) is 0 Å². The quantitative estimate of drug-likeness (QED) is 0.917. The van der Waals surface area contributed by atoms with E-state index in [1.165, 1.54) is 38.5 Å². The van der Waals surface area contributed by atoms with E-state index >= 15 is 0 Å². The highest BCUT2D eigenvalue weighted by Crippen LogP contribution is 2.55. The fourth-order valence-corrected chi connectivity index (χ4v) is 5.29. The maximum Gasteiger partial charge on any atom is 0.224 e. The maximum atomic E-state index is 12.4. The Balaban J connectivity index is 1.45. The lowest BCUT2D eigenvalue weighted by molar-refractivity contribution is -0.126. The van der Waals surface area contributed by atoms with Gasteiger partial charge in [0.2, 0.25) is 5.91 Å². The Kier molecular flexibility index (Phi) is 2.83. The molecular formula is C17H22N2O. The first kappa shape index (κ1) is 12.4. The molecule has 4 bridgehead atoms. The van der Waals surface area contributed by atoms with Gasteiger partial charge in [0.05, 0.1) is 6.42 Å². The first-order valence-electron chi connectivity index (χ1n) is 7.91. The van der Waals surface area contributed by atoms with Crippen LogP contribution in [0.1, 0.15) is 44.1 Å². The number of hydrogen-bond donors (Lipinski definition) is 1. The molecule has 106 valence electrons. The Bertz CT molecular complexity index is 476. The molecule has 0 spiro atoms. The number of carbonyl (C=O) groups is 1. The van der Waals surface area contributed by atoms with Gasteiger partial charge in [0.1, 0.15) is 0 Å². The average molecular weight is 270 g/mol. The second-order valence-electron chi connectivity index (χ2n) is 7.28. The van der Waals surface area contributed by atoms with Crippen LogP contribution in [0.5, 0.6) is 0 Å². The van der Waals surface area contributed by atoms with Crippen molar-refractivity contribution in [3.63, 3.8) is 0 Å². The zero-order valence-corrected chi connectivity index (χ0v) is 11.8. The number of nitrogens with zero attached hydrogens (tertiary/aromatic N) is 1. The van der Waals surface area contributed by atoms with E-state index in [0.29, 0.717) is 6.42 Å². The van der Waals surface area contributed by atoms with Gasteiger partial charge in [-0.05, 0) is 67.9 Å². The molecule has 3 nitrogen and oxygen atoms in total. The number of hydrogen-bond acceptors (Lipinski definition) is 2. The van der Waals surface area contributed by atoms with Crippen LogP contribution in [0.4, 0.5) is 0 Å². The summed E-state index contributed by atoms with van der Waals surface area (Å²) in [4.78, 5) is 16.4. The van der Waals surface area contributed by atoms with Crippen molar-refractivity contribution < 1.29 is 4.79 Å². The lowest BCUT2D eigenvalue weighted by Gasteiger charge is -2.56. The number of rotatable bonds is 3. The van der Waals surface area contributed by atoms with E-state index in [2.05, 4.69) is 10.3 Å². The van der Waals surface area contributed by atoms with E-state index in [1.807, 2.05) is 12.1 Å². The molecule has 1 heterocycles. The monoisotopic (exact) mass is 270 g/mol. The van der Waals surface area contributed by atoms with Crippen molar-refractivity contribution >= 4 is 5.91 Å². The smallest absolute Gasteiger partial charge is 0.224 e. The first-order chi connectivity index (χ1) is 9.71. The van der Waals surface area contributed by atoms with Gasteiger partial charge in [-0.1, -0.05) is 6.07 Å². The van der Waals surface area contributed by atoms with Crippen molar-refractivity contribution in [1.82, 2.24) is 10.3 Å². The van der Waals surface area contributed by atoms with Crippen LogP contribution in [0.25, 0.3) is 0 Å². The number of carbonyl (C=O) groups excluding carboxylic acids is 1. The Morgan fingerprint density at radius 1 is 1.20 bits per heavy atom. The molecule has 4 fully saturated rings. The van der Waals surface area contributed by atoms with Gasteiger partial charge < -0.3 is 5.32 Å². The van der Waals surface area contributed by atoms with Crippen LogP contribution < -0.4 is 5.32 Å². The summed E-state index contributed by atoms with van der Waals surface area (Å²) in [6, 6.07) is 3.87. The average Bonchev–Trinajstić information content (AvgIpc) is 2.37. The molecule has 0 saturated heterocycles. The van der Waals surface area contributed by atoms with Crippen molar-refractivity contribution in [2.75, 3.05) is 0 Å². The van der Waals surface area contributed by atoms with E-state index in [9.17, 15) is 4.79 Å². The minimum atomic E-state index is 0.133. The predicted molar refractivity (Wildman–Crippen MR) is 77.0 cm³/mol. The van der Waals surface area contributed by atoms with E-state index in [1.54, 1.807) is 12.4 Å². The van der Waals surface area contributed by atoms with Gasteiger partial charge in [0.15, 0.2) is 0 Å². The summed E-state index contributed by atoms with van der Waals surface area (Å²) < 4.78 is 0. The molecule has 0 aromatic carbocycles. The fourth-order valence-electron chi connectivity index (χ4n) is 5.29. The van der Waals surface area contributed by atoms with Crippen molar-refractivity contribution in [3.8, 4) is 0 Å². The summed E-state index contributed by atoms with van der Waals surface area (Å²) in [5.41, 5.74) is 1.14. The third-order valence-corrected chi connectivity index (χ3v) is 5.53. The zero-order chi connectivity index (χ0) is 13.6. The minimum Gasteiger partial charge on any atom is -0.350 e. The van der Waals surface area contributed by atoms with Crippen LogP contribution in [0.15, 0.2) is 24.5 Å². The molecule has 4 aliphatic carbocycles. The van der Waals surface area contributed by atoms with Crippen molar-refractivity contribution in [1.29, 1.82) is 0 Å². The van der Waals surface area contributed by atoms with Crippen molar-refractivity contribution in [3.05, 3.63) is 30.1 Å². The van der Waals surface area contributed by atoms with Crippen molar-refractivity contribution in [2.45, 2.75) is 50.5 Å². The SMILES string of the molecule is O=C(Cc1cccnc1)NC12CC3CC(CC(C3)C1)C2. The third kappa shape index (κ3) is 2.23. The Morgan fingerprint density at radius 3 is 2.40 bits per heavy atom. The van der Waals surface area contributed by atoms with Gasteiger partial charge in [0, 0.05) is 17.9 Å². The highest BCUT2D eigenvalue weighted by atomic mass is 16.1. The number of amides is 1. The Labute approximate surface area is 120 Å². The molecule has 1 N–H and O–H groups in total. The van der Waals surface area contributed by atoms with Crippen LogP contribution in [-0.4, -0.2) is 16.4 Å². The number of aromatic nitrogens is 1. The molecule has 0 unspecified atom stereocenters. The summed E-state index contributed by atoms with van der Waals surface area (Å²) in [6.45, 7) is 0. The molecule has 0 aliphatic heterocycles. The molecule has 0 radical (unpaired) electrons.